The van der Waals surface area contributed by atoms with E-state index in [9.17, 15) is 9.59 Å². The fraction of sp³-hybridized carbons (Fsp3) is 0.385. The third kappa shape index (κ3) is 3.23. The maximum atomic E-state index is 12.1. The molecule has 0 aliphatic carbocycles. The van der Waals surface area contributed by atoms with Crippen molar-refractivity contribution in [1.29, 1.82) is 0 Å². The Morgan fingerprint density at radius 1 is 1.47 bits per heavy atom. The zero-order chi connectivity index (χ0) is 13.8. The molecule has 1 heterocycles. The summed E-state index contributed by atoms with van der Waals surface area (Å²) < 4.78 is 0. The van der Waals surface area contributed by atoms with Gasteiger partial charge in [-0.1, -0.05) is 0 Å². The van der Waals surface area contributed by atoms with Crippen LogP contribution in [-0.4, -0.2) is 24.4 Å². The van der Waals surface area contributed by atoms with Gasteiger partial charge in [0, 0.05) is 30.3 Å². The minimum Gasteiger partial charge on any atom is -0.354 e. The third-order valence-electron chi connectivity index (χ3n) is 3.24. The predicted molar refractivity (Wildman–Crippen MR) is 72.5 cm³/mol. The number of hydrogen-bond donors (Lipinski definition) is 4. The lowest BCUT2D eigenvalue weighted by Gasteiger charge is -2.23. The van der Waals surface area contributed by atoms with Crippen molar-refractivity contribution in [2.24, 2.45) is 5.84 Å². The molecule has 1 aliphatic heterocycles. The smallest absolute Gasteiger partial charge is 0.251 e. The first-order chi connectivity index (χ1) is 9.10. The van der Waals surface area contributed by atoms with Crippen LogP contribution in [0.1, 0.15) is 28.8 Å². The van der Waals surface area contributed by atoms with Crippen molar-refractivity contribution < 1.29 is 9.59 Å². The maximum Gasteiger partial charge on any atom is 0.251 e. The number of aryl methyl sites for hydroxylation is 1. The molecule has 1 saturated heterocycles. The van der Waals surface area contributed by atoms with E-state index in [0.29, 0.717) is 24.9 Å². The van der Waals surface area contributed by atoms with Crippen molar-refractivity contribution >= 4 is 17.5 Å². The number of carbonyl (C=O) groups is 2. The van der Waals surface area contributed by atoms with E-state index in [4.69, 9.17) is 5.84 Å². The van der Waals surface area contributed by atoms with Gasteiger partial charge < -0.3 is 16.1 Å². The molecule has 0 radical (unpaired) electrons. The van der Waals surface area contributed by atoms with Crippen molar-refractivity contribution in [2.45, 2.75) is 25.8 Å². The fourth-order valence-electron chi connectivity index (χ4n) is 2.13. The molecule has 1 fully saturated rings. The van der Waals surface area contributed by atoms with E-state index in [0.717, 1.165) is 11.3 Å². The molecule has 0 saturated carbocycles. The van der Waals surface area contributed by atoms with E-state index in [1.54, 1.807) is 12.1 Å². The summed E-state index contributed by atoms with van der Waals surface area (Å²) in [5.74, 6) is 5.24. The molecule has 1 atom stereocenters. The molecule has 19 heavy (non-hydrogen) atoms. The van der Waals surface area contributed by atoms with Gasteiger partial charge in [-0.15, -0.1) is 0 Å². The van der Waals surface area contributed by atoms with E-state index in [2.05, 4.69) is 16.1 Å². The topological polar surface area (TPSA) is 96.2 Å². The molecule has 5 N–H and O–H groups in total. The zero-order valence-electron chi connectivity index (χ0n) is 10.8. The molecule has 6 heteroatoms. The van der Waals surface area contributed by atoms with E-state index in [1.165, 1.54) is 0 Å². The quantitative estimate of drug-likeness (QED) is 0.465. The number of amides is 2. The van der Waals surface area contributed by atoms with Gasteiger partial charge in [0.2, 0.25) is 5.91 Å². The highest BCUT2D eigenvalue weighted by Gasteiger charge is 2.20. The molecule has 1 aromatic carbocycles. The van der Waals surface area contributed by atoms with Crippen molar-refractivity contribution in [2.75, 3.05) is 12.0 Å². The third-order valence-corrected chi connectivity index (χ3v) is 3.24. The van der Waals surface area contributed by atoms with Crippen LogP contribution in [-0.2, 0) is 4.79 Å². The number of carbonyl (C=O) groups excluding carboxylic acids is 2. The van der Waals surface area contributed by atoms with Crippen LogP contribution < -0.4 is 21.9 Å². The molecule has 6 nitrogen and oxygen atoms in total. The minimum atomic E-state index is -0.123. The molecule has 102 valence electrons. The fourth-order valence-corrected chi connectivity index (χ4v) is 2.13. The Bertz CT molecular complexity index is 491. The second-order valence-corrected chi connectivity index (χ2v) is 4.69. The van der Waals surface area contributed by atoms with Gasteiger partial charge in [-0.05, 0) is 37.1 Å². The molecule has 0 aromatic heterocycles. The van der Waals surface area contributed by atoms with Gasteiger partial charge in [0.15, 0.2) is 0 Å². The van der Waals surface area contributed by atoms with Gasteiger partial charge >= 0.3 is 0 Å². The molecular formula is C13H18N4O2. The highest BCUT2D eigenvalue weighted by molar-refractivity contribution is 5.96. The van der Waals surface area contributed by atoms with E-state index in [-0.39, 0.29) is 17.9 Å². The van der Waals surface area contributed by atoms with Crippen LogP contribution in [0.3, 0.4) is 0 Å². The van der Waals surface area contributed by atoms with Crippen molar-refractivity contribution in [1.82, 2.24) is 10.6 Å². The predicted octanol–water partition coefficient (Wildman–Crippen LogP) is 0.289. The molecule has 1 aromatic rings. The number of rotatable bonds is 3. The van der Waals surface area contributed by atoms with Crippen molar-refractivity contribution in [3.05, 3.63) is 29.3 Å². The van der Waals surface area contributed by atoms with Gasteiger partial charge in [0.05, 0.1) is 0 Å². The first-order valence-electron chi connectivity index (χ1n) is 6.25. The maximum absolute atomic E-state index is 12.1. The van der Waals surface area contributed by atoms with Crippen LogP contribution in [0, 0.1) is 6.92 Å². The van der Waals surface area contributed by atoms with Crippen LogP contribution in [0.4, 0.5) is 5.69 Å². The Morgan fingerprint density at radius 3 is 2.84 bits per heavy atom. The van der Waals surface area contributed by atoms with Crippen LogP contribution >= 0.6 is 0 Å². The van der Waals surface area contributed by atoms with Crippen LogP contribution in [0.25, 0.3) is 0 Å². The highest BCUT2D eigenvalue weighted by Crippen LogP contribution is 2.15. The first-order valence-corrected chi connectivity index (χ1v) is 6.25. The summed E-state index contributed by atoms with van der Waals surface area (Å²) in [4.78, 5) is 23.2. The highest BCUT2D eigenvalue weighted by atomic mass is 16.2. The normalized spacial score (nSPS) is 18.6. The molecule has 0 spiro atoms. The molecule has 0 bridgehead atoms. The molecule has 1 aliphatic rings. The molecule has 2 amide bonds. The van der Waals surface area contributed by atoms with Crippen LogP contribution in [0.15, 0.2) is 18.2 Å². The second kappa shape index (κ2) is 5.71. The lowest BCUT2D eigenvalue weighted by Crippen LogP contribution is -2.47. The number of hydrazine groups is 1. The average Bonchev–Trinajstić information content (AvgIpc) is 2.41. The summed E-state index contributed by atoms with van der Waals surface area (Å²) in [6.45, 7) is 2.35. The summed E-state index contributed by atoms with van der Waals surface area (Å²) >= 11 is 0. The average molecular weight is 262 g/mol. The van der Waals surface area contributed by atoms with Gasteiger partial charge in [0.1, 0.15) is 0 Å². The monoisotopic (exact) mass is 262 g/mol. The summed E-state index contributed by atoms with van der Waals surface area (Å²) in [5, 5.41) is 5.67. The van der Waals surface area contributed by atoms with E-state index in [1.807, 2.05) is 13.0 Å². The van der Waals surface area contributed by atoms with E-state index < -0.39 is 0 Å². The van der Waals surface area contributed by atoms with Gasteiger partial charge in [-0.3, -0.25) is 15.4 Å². The number of benzene rings is 1. The number of nitrogens with one attached hydrogen (secondary N) is 3. The Morgan fingerprint density at radius 2 is 2.26 bits per heavy atom. The Hall–Kier alpha value is -2.08. The largest absolute Gasteiger partial charge is 0.354 e. The van der Waals surface area contributed by atoms with Gasteiger partial charge in [-0.25, -0.2) is 0 Å². The number of piperidine rings is 1. The molecule has 2 rings (SSSR count). The van der Waals surface area contributed by atoms with Crippen LogP contribution in [0.5, 0.6) is 0 Å². The zero-order valence-corrected chi connectivity index (χ0v) is 10.8. The number of anilines is 1. The Balaban J connectivity index is 2.01. The summed E-state index contributed by atoms with van der Waals surface area (Å²) in [6.07, 6.45) is 1.14. The Kier molecular flexibility index (Phi) is 4.01. The summed E-state index contributed by atoms with van der Waals surface area (Å²) in [7, 11) is 0. The minimum absolute atomic E-state index is 0.00286. The van der Waals surface area contributed by atoms with E-state index >= 15 is 0 Å². The number of nitrogen functional groups attached to an aromatic ring is 1. The second-order valence-electron chi connectivity index (χ2n) is 4.69. The molecule has 1 unspecified atom stereocenters. The number of hydrogen-bond acceptors (Lipinski definition) is 4. The lowest BCUT2D eigenvalue weighted by molar-refractivity contribution is -0.122. The van der Waals surface area contributed by atoms with Crippen LogP contribution in [0.2, 0.25) is 0 Å². The molecular weight excluding hydrogens is 244 g/mol. The SMILES string of the molecule is Cc1cc(NN)ccc1C(=O)NC1CCC(=O)NC1. The summed E-state index contributed by atoms with van der Waals surface area (Å²) in [6, 6.07) is 5.31. The summed E-state index contributed by atoms with van der Waals surface area (Å²) in [5.41, 5.74) is 4.78. The van der Waals surface area contributed by atoms with Crippen molar-refractivity contribution in [3.8, 4) is 0 Å². The standard InChI is InChI=1S/C13H18N4O2/c1-8-6-9(17-14)2-4-11(8)13(19)16-10-3-5-12(18)15-7-10/h2,4,6,10,17H,3,5,7,14H2,1H3,(H,15,18)(H,16,19). The first kappa shape index (κ1) is 13.4. The van der Waals surface area contributed by atoms with Crippen molar-refractivity contribution in [3.63, 3.8) is 0 Å². The number of nitrogens with two attached hydrogens (primary N) is 1. The van der Waals surface area contributed by atoms with Gasteiger partial charge in [-0.2, -0.15) is 0 Å². The lowest BCUT2D eigenvalue weighted by atomic mass is 10.0. The Labute approximate surface area is 111 Å². The van der Waals surface area contributed by atoms with Gasteiger partial charge in [0.25, 0.3) is 5.91 Å².